The minimum absolute atomic E-state index is 0.0578. The molecule has 32 heavy (non-hydrogen) atoms. The Morgan fingerprint density at radius 2 is 1.41 bits per heavy atom. The summed E-state index contributed by atoms with van der Waals surface area (Å²) in [7, 11) is 0. The van der Waals surface area contributed by atoms with Crippen molar-refractivity contribution in [1.82, 2.24) is 0 Å². The molecule has 1 heterocycles. The van der Waals surface area contributed by atoms with Crippen molar-refractivity contribution < 1.29 is 29.2 Å². The van der Waals surface area contributed by atoms with Gasteiger partial charge in [0.15, 0.2) is 6.29 Å². The van der Waals surface area contributed by atoms with Gasteiger partial charge in [-0.15, -0.1) is 0 Å². The van der Waals surface area contributed by atoms with Crippen LogP contribution in [0.4, 0.5) is 0 Å². The third kappa shape index (κ3) is 6.38. The SMILES string of the molecule is O[C@H]1C(COCc2ccccc2)O[C@@H](O)C(OCc2ccccc2)C1OC1CCCCC1. The van der Waals surface area contributed by atoms with Crippen LogP contribution in [0.25, 0.3) is 0 Å². The van der Waals surface area contributed by atoms with Crippen LogP contribution in [0.5, 0.6) is 0 Å². The molecule has 1 saturated carbocycles. The van der Waals surface area contributed by atoms with E-state index in [-0.39, 0.29) is 12.7 Å². The van der Waals surface area contributed by atoms with Crippen LogP contribution in [0.3, 0.4) is 0 Å². The third-order valence-corrected chi connectivity index (χ3v) is 6.22. The molecule has 6 heteroatoms. The Hall–Kier alpha value is -1.80. The molecule has 0 aromatic heterocycles. The van der Waals surface area contributed by atoms with E-state index >= 15 is 0 Å². The number of hydrogen-bond acceptors (Lipinski definition) is 6. The van der Waals surface area contributed by atoms with Crippen LogP contribution in [0.15, 0.2) is 60.7 Å². The second-order valence-electron chi connectivity index (χ2n) is 8.68. The minimum Gasteiger partial charge on any atom is -0.387 e. The summed E-state index contributed by atoms with van der Waals surface area (Å²) in [6, 6.07) is 19.6. The van der Waals surface area contributed by atoms with Gasteiger partial charge in [-0.2, -0.15) is 0 Å². The van der Waals surface area contributed by atoms with Crippen molar-refractivity contribution in [2.75, 3.05) is 6.61 Å². The first-order valence-corrected chi connectivity index (χ1v) is 11.6. The van der Waals surface area contributed by atoms with Crippen LogP contribution in [-0.4, -0.2) is 53.6 Å². The van der Waals surface area contributed by atoms with E-state index in [9.17, 15) is 10.2 Å². The first kappa shape index (κ1) is 23.4. The summed E-state index contributed by atoms with van der Waals surface area (Å²) >= 11 is 0. The van der Waals surface area contributed by atoms with E-state index in [4.69, 9.17) is 18.9 Å². The zero-order chi connectivity index (χ0) is 22.2. The summed E-state index contributed by atoms with van der Waals surface area (Å²) in [6.07, 6.45) is 1.09. The molecule has 2 aromatic carbocycles. The van der Waals surface area contributed by atoms with Gasteiger partial charge in [0.05, 0.1) is 25.9 Å². The molecule has 4 rings (SSSR count). The maximum Gasteiger partial charge on any atom is 0.184 e. The normalized spacial score (nSPS) is 29.1. The standard InChI is InChI=1S/C26H34O6/c27-23-22(18-29-16-19-10-4-1-5-11-19)32-26(28)25(30-17-20-12-6-2-7-13-20)24(23)31-21-14-8-3-9-15-21/h1-2,4-7,10-13,21-28H,3,8-9,14-18H2/t22?,23-,24?,25?,26+/m0/s1. The second-order valence-corrected chi connectivity index (χ2v) is 8.68. The molecule has 0 radical (unpaired) electrons. The van der Waals surface area contributed by atoms with Crippen molar-refractivity contribution in [3.63, 3.8) is 0 Å². The average Bonchev–Trinajstić information content (AvgIpc) is 2.83. The van der Waals surface area contributed by atoms with Crippen molar-refractivity contribution in [3.05, 3.63) is 71.8 Å². The van der Waals surface area contributed by atoms with Gasteiger partial charge in [-0.05, 0) is 24.0 Å². The molecular formula is C26H34O6. The van der Waals surface area contributed by atoms with Crippen LogP contribution in [0.2, 0.25) is 0 Å². The lowest BCUT2D eigenvalue weighted by Gasteiger charge is -2.44. The highest BCUT2D eigenvalue weighted by atomic mass is 16.7. The van der Waals surface area contributed by atoms with Gasteiger partial charge in [-0.1, -0.05) is 79.9 Å². The van der Waals surface area contributed by atoms with E-state index in [1.54, 1.807) is 0 Å². The lowest BCUT2D eigenvalue weighted by Crippen LogP contribution is -2.61. The fourth-order valence-electron chi connectivity index (χ4n) is 4.44. The molecular weight excluding hydrogens is 408 g/mol. The number of hydrogen-bond donors (Lipinski definition) is 2. The Morgan fingerprint density at radius 1 is 0.781 bits per heavy atom. The van der Waals surface area contributed by atoms with Crippen LogP contribution in [0.1, 0.15) is 43.2 Å². The van der Waals surface area contributed by atoms with Gasteiger partial charge in [0.25, 0.3) is 0 Å². The van der Waals surface area contributed by atoms with Crippen LogP contribution in [0, 0.1) is 0 Å². The van der Waals surface area contributed by atoms with Gasteiger partial charge in [0.2, 0.25) is 0 Å². The zero-order valence-electron chi connectivity index (χ0n) is 18.4. The molecule has 1 saturated heterocycles. The van der Waals surface area contributed by atoms with Gasteiger partial charge < -0.3 is 29.2 Å². The molecule has 2 aromatic rings. The number of ether oxygens (including phenoxy) is 4. The minimum atomic E-state index is -1.21. The van der Waals surface area contributed by atoms with Gasteiger partial charge in [0.1, 0.15) is 24.4 Å². The molecule has 2 N–H and O–H groups in total. The maximum atomic E-state index is 11.1. The Labute approximate surface area is 190 Å². The Morgan fingerprint density at radius 3 is 2.06 bits per heavy atom. The third-order valence-electron chi connectivity index (χ3n) is 6.22. The molecule has 3 unspecified atom stereocenters. The lowest BCUT2D eigenvalue weighted by atomic mass is 9.95. The summed E-state index contributed by atoms with van der Waals surface area (Å²) < 4.78 is 23.9. The molecule has 2 fully saturated rings. The van der Waals surface area contributed by atoms with Crippen molar-refractivity contribution in [1.29, 1.82) is 0 Å². The molecule has 5 atom stereocenters. The van der Waals surface area contributed by atoms with Crippen molar-refractivity contribution in [2.45, 2.75) is 82.1 Å². The first-order valence-electron chi connectivity index (χ1n) is 11.6. The summed E-state index contributed by atoms with van der Waals surface area (Å²) in [5.74, 6) is 0. The quantitative estimate of drug-likeness (QED) is 0.618. The van der Waals surface area contributed by atoms with Crippen molar-refractivity contribution in [2.24, 2.45) is 0 Å². The largest absolute Gasteiger partial charge is 0.387 e. The Bertz CT molecular complexity index is 779. The molecule has 6 nitrogen and oxygen atoms in total. The highest BCUT2D eigenvalue weighted by Gasteiger charge is 2.47. The molecule has 0 spiro atoms. The van der Waals surface area contributed by atoms with Crippen LogP contribution < -0.4 is 0 Å². The number of aliphatic hydroxyl groups is 2. The molecule has 1 aliphatic heterocycles. The highest BCUT2D eigenvalue weighted by Crippen LogP contribution is 2.30. The smallest absolute Gasteiger partial charge is 0.184 e. The van der Waals surface area contributed by atoms with Gasteiger partial charge in [-0.25, -0.2) is 0 Å². The maximum absolute atomic E-state index is 11.1. The summed E-state index contributed by atoms with van der Waals surface area (Å²) in [4.78, 5) is 0. The van der Waals surface area contributed by atoms with E-state index < -0.39 is 30.7 Å². The predicted molar refractivity (Wildman–Crippen MR) is 120 cm³/mol. The van der Waals surface area contributed by atoms with E-state index in [1.807, 2.05) is 60.7 Å². The summed E-state index contributed by atoms with van der Waals surface area (Å²) in [5.41, 5.74) is 2.02. The highest BCUT2D eigenvalue weighted by molar-refractivity contribution is 5.14. The fourth-order valence-corrected chi connectivity index (χ4v) is 4.44. The Balaban J connectivity index is 1.40. The van der Waals surface area contributed by atoms with E-state index in [0.717, 1.165) is 36.8 Å². The number of rotatable bonds is 9. The molecule has 2 aliphatic rings. The van der Waals surface area contributed by atoms with Gasteiger partial charge in [-0.3, -0.25) is 0 Å². The van der Waals surface area contributed by atoms with E-state index in [2.05, 4.69) is 0 Å². The van der Waals surface area contributed by atoms with Crippen molar-refractivity contribution >= 4 is 0 Å². The zero-order valence-corrected chi connectivity index (χ0v) is 18.4. The second kappa shape index (κ2) is 11.9. The lowest BCUT2D eigenvalue weighted by molar-refractivity contribution is -0.314. The van der Waals surface area contributed by atoms with Crippen LogP contribution >= 0.6 is 0 Å². The van der Waals surface area contributed by atoms with Gasteiger partial charge in [0, 0.05) is 0 Å². The predicted octanol–water partition coefficient (Wildman–Crippen LogP) is 3.58. The van der Waals surface area contributed by atoms with E-state index in [1.165, 1.54) is 6.42 Å². The first-order chi connectivity index (χ1) is 15.7. The fraction of sp³-hybridized carbons (Fsp3) is 0.538. The summed E-state index contributed by atoms with van der Waals surface area (Å²) in [6.45, 7) is 0.868. The molecule has 174 valence electrons. The topological polar surface area (TPSA) is 77.4 Å². The summed E-state index contributed by atoms with van der Waals surface area (Å²) in [5, 5.41) is 21.9. The Kier molecular flexibility index (Phi) is 8.68. The number of benzene rings is 2. The average molecular weight is 443 g/mol. The molecule has 1 aliphatic carbocycles. The van der Waals surface area contributed by atoms with Crippen LogP contribution in [-0.2, 0) is 32.2 Å². The van der Waals surface area contributed by atoms with Crippen molar-refractivity contribution in [3.8, 4) is 0 Å². The monoisotopic (exact) mass is 442 g/mol. The van der Waals surface area contributed by atoms with Gasteiger partial charge >= 0.3 is 0 Å². The molecule has 0 amide bonds. The number of aliphatic hydroxyl groups excluding tert-OH is 2. The molecule has 0 bridgehead atoms. The van der Waals surface area contributed by atoms with E-state index in [0.29, 0.717) is 13.2 Å².